The minimum Gasteiger partial charge on any atom is -0.494 e. The molecule has 0 spiro atoms. The van der Waals surface area contributed by atoms with Gasteiger partial charge in [0, 0.05) is 55.6 Å². The molecule has 178 valence electrons. The summed E-state index contributed by atoms with van der Waals surface area (Å²) in [4.78, 5) is 30.3. The van der Waals surface area contributed by atoms with Gasteiger partial charge in [-0.05, 0) is 12.1 Å². The number of hydrogen-bond donors (Lipinski definition) is 0. The van der Waals surface area contributed by atoms with Crippen LogP contribution in [-0.2, 0) is 13.6 Å². The standard InChI is InChI=1S/C23H18ClFN6O4/c1-29-13-14(12-28-29)11-27-5-7-31-22(32)21-18(30(23(31)33)6-3-4-26)10-19(35-21)15-8-20(34-2)17(25)9-16(15)24/h5,7-13H,3,6H2,1-2H3/b7-5+,27-11?. The first kappa shape index (κ1) is 23.7. The van der Waals surface area contributed by atoms with Crippen LogP contribution >= 0.6 is 11.6 Å². The highest BCUT2D eigenvalue weighted by atomic mass is 35.5. The second-order valence-corrected chi connectivity index (χ2v) is 7.74. The Morgan fingerprint density at radius 1 is 1.34 bits per heavy atom. The summed E-state index contributed by atoms with van der Waals surface area (Å²) < 4.78 is 28.5. The number of aromatic nitrogens is 4. The minimum atomic E-state index is -0.734. The largest absolute Gasteiger partial charge is 0.494 e. The van der Waals surface area contributed by atoms with E-state index in [1.807, 2.05) is 6.07 Å². The fourth-order valence-corrected chi connectivity index (χ4v) is 3.67. The zero-order valence-corrected chi connectivity index (χ0v) is 19.4. The molecule has 0 saturated carbocycles. The van der Waals surface area contributed by atoms with Gasteiger partial charge >= 0.3 is 11.2 Å². The fourth-order valence-electron chi connectivity index (χ4n) is 3.42. The summed E-state index contributed by atoms with van der Waals surface area (Å²) in [5.74, 6) is -0.608. The molecular formula is C23H18ClFN6O4. The van der Waals surface area contributed by atoms with Crippen LogP contribution in [0.15, 0.2) is 55.8 Å². The molecule has 10 nitrogen and oxygen atoms in total. The topological polar surface area (TPSA) is 120 Å². The van der Waals surface area contributed by atoms with Gasteiger partial charge in [-0.3, -0.25) is 19.0 Å². The van der Waals surface area contributed by atoms with Gasteiger partial charge in [-0.25, -0.2) is 13.8 Å². The average Bonchev–Trinajstić information content (AvgIpc) is 3.45. The molecule has 3 heterocycles. The van der Waals surface area contributed by atoms with E-state index in [2.05, 4.69) is 10.1 Å². The van der Waals surface area contributed by atoms with Crippen LogP contribution in [0.5, 0.6) is 5.75 Å². The summed E-state index contributed by atoms with van der Waals surface area (Å²) in [5, 5.41) is 13.1. The molecule has 0 radical (unpaired) electrons. The van der Waals surface area contributed by atoms with E-state index >= 15 is 0 Å². The predicted octanol–water partition coefficient (Wildman–Crippen LogP) is 3.42. The molecule has 0 N–H and O–H groups in total. The van der Waals surface area contributed by atoms with Gasteiger partial charge in [0.05, 0.1) is 36.3 Å². The Labute approximate surface area is 202 Å². The number of nitrogens with zero attached hydrogens (tertiary/aromatic N) is 6. The maximum absolute atomic E-state index is 14.0. The number of furan rings is 1. The lowest BCUT2D eigenvalue weighted by molar-refractivity contribution is 0.386. The molecule has 4 aromatic rings. The minimum absolute atomic E-state index is 0.0123. The average molecular weight is 497 g/mol. The van der Waals surface area contributed by atoms with Crippen molar-refractivity contribution in [2.45, 2.75) is 13.0 Å². The summed E-state index contributed by atoms with van der Waals surface area (Å²) in [7, 11) is 3.06. The van der Waals surface area contributed by atoms with E-state index < -0.39 is 17.1 Å². The molecule has 1 aromatic carbocycles. The van der Waals surface area contributed by atoms with E-state index in [1.54, 1.807) is 24.1 Å². The summed E-state index contributed by atoms with van der Waals surface area (Å²) in [6.45, 7) is 0.0123. The molecule has 0 saturated heterocycles. The second-order valence-electron chi connectivity index (χ2n) is 7.33. The van der Waals surface area contributed by atoms with Gasteiger partial charge in [0.15, 0.2) is 11.6 Å². The van der Waals surface area contributed by atoms with Crippen molar-refractivity contribution < 1.29 is 13.5 Å². The van der Waals surface area contributed by atoms with Crippen LogP contribution in [0.4, 0.5) is 4.39 Å². The normalized spacial score (nSPS) is 11.6. The number of fused-ring (bicyclic) bond motifs is 1. The lowest BCUT2D eigenvalue weighted by Crippen LogP contribution is -2.37. The van der Waals surface area contributed by atoms with Crippen molar-refractivity contribution in [1.29, 1.82) is 5.26 Å². The first-order chi connectivity index (χ1) is 16.8. The van der Waals surface area contributed by atoms with Gasteiger partial charge in [0.25, 0.3) is 0 Å². The van der Waals surface area contributed by atoms with Crippen LogP contribution < -0.4 is 16.0 Å². The smallest absolute Gasteiger partial charge is 0.335 e. The van der Waals surface area contributed by atoms with Crippen molar-refractivity contribution in [3.8, 4) is 23.1 Å². The maximum Gasteiger partial charge on any atom is 0.335 e. The second kappa shape index (κ2) is 9.82. The van der Waals surface area contributed by atoms with E-state index in [0.29, 0.717) is 0 Å². The molecule has 4 rings (SSSR count). The Hall–Kier alpha value is -4.43. The SMILES string of the molecule is COc1cc(-c2cc3c(o2)c(=O)n(/C=C/N=Cc2cnn(C)c2)c(=O)n3CCC#N)c(Cl)cc1F. The molecule has 0 aliphatic heterocycles. The molecule has 3 aromatic heterocycles. The van der Waals surface area contributed by atoms with E-state index in [-0.39, 0.29) is 46.2 Å². The van der Waals surface area contributed by atoms with Crippen molar-refractivity contribution in [3.63, 3.8) is 0 Å². The lowest BCUT2D eigenvalue weighted by atomic mass is 10.1. The van der Waals surface area contributed by atoms with Crippen molar-refractivity contribution in [2.24, 2.45) is 12.0 Å². The van der Waals surface area contributed by atoms with Crippen LogP contribution in [0, 0.1) is 17.1 Å². The Bertz CT molecular complexity index is 1640. The van der Waals surface area contributed by atoms with Crippen molar-refractivity contribution in [3.05, 3.63) is 74.0 Å². The van der Waals surface area contributed by atoms with Crippen molar-refractivity contribution in [2.75, 3.05) is 7.11 Å². The number of nitriles is 1. The van der Waals surface area contributed by atoms with Gasteiger partial charge in [-0.15, -0.1) is 0 Å². The first-order valence-electron chi connectivity index (χ1n) is 10.2. The number of hydrogen-bond acceptors (Lipinski definition) is 7. The number of aliphatic imine (C=N–C) groups is 1. The molecule has 0 fully saturated rings. The third-order valence-electron chi connectivity index (χ3n) is 5.06. The summed E-state index contributed by atoms with van der Waals surface area (Å²) in [6.07, 6.45) is 7.35. The van der Waals surface area contributed by atoms with Crippen LogP contribution in [0.2, 0.25) is 5.02 Å². The number of halogens is 2. The highest BCUT2D eigenvalue weighted by Gasteiger charge is 2.20. The molecule has 0 atom stereocenters. The molecule has 0 bridgehead atoms. The predicted molar refractivity (Wildman–Crippen MR) is 128 cm³/mol. The monoisotopic (exact) mass is 496 g/mol. The highest BCUT2D eigenvalue weighted by Crippen LogP contribution is 2.35. The Morgan fingerprint density at radius 2 is 2.14 bits per heavy atom. The van der Waals surface area contributed by atoms with Crippen LogP contribution in [0.25, 0.3) is 28.6 Å². The molecule has 0 amide bonds. The van der Waals surface area contributed by atoms with E-state index in [1.165, 1.54) is 42.4 Å². The van der Waals surface area contributed by atoms with Crippen LogP contribution in [-0.4, -0.2) is 32.2 Å². The Kier molecular flexibility index (Phi) is 6.66. The molecule has 12 heteroatoms. The van der Waals surface area contributed by atoms with Gasteiger partial charge in [-0.1, -0.05) is 11.6 Å². The van der Waals surface area contributed by atoms with E-state index in [9.17, 15) is 14.0 Å². The third-order valence-corrected chi connectivity index (χ3v) is 5.37. The Morgan fingerprint density at radius 3 is 2.83 bits per heavy atom. The molecule has 0 aliphatic rings. The van der Waals surface area contributed by atoms with E-state index in [4.69, 9.17) is 26.0 Å². The summed E-state index contributed by atoms with van der Waals surface area (Å²) >= 11 is 6.20. The van der Waals surface area contributed by atoms with Crippen molar-refractivity contribution >= 4 is 35.1 Å². The Balaban J connectivity index is 1.85. The van der Waals surface area contributed by atoms with Gasteiger partial charge in [0.1, 0.15) is 5.76 Å². The van der Waals surface area contributed by atoms with Gasteiger partial charge in [0.2, 0.25) is 5.58 Å². The summed E-state index contributed by atoms with van der Waals surface area (Å²) in [6, 6.07) is 5.82. The molecule has 35 heavy (non-hydrogen) atoms. The number of benzene rings is 1. The van der Waals surface area contributed by atoms with E-state index in [0.717, 1.165) is 16.2 Å². The number of ether oxygens (including phenoxy) is 1. The molecular weight excluding hydrogens is 479 g/mol. The summed E-state index contributed by atoms with van der Waals surface area (Å²) in [5.41, 5.74) is -0.384. The number of aryl methyl sites for hydroxylation is 2. The van der Waals surface area contributed by atoms with Crippen LogP contribution in [0.3, 0.4) is 0 Å². The third kappa shape index (κ3) is 4.64. The van der Waals surface area contributed by atoms with Crippen LogP contribution in [0.1, 0.15) is 12.0 Å². The number of rotatable bonds is 7. The van der Waals surface area contributed by atoms with Gasteiger partial charge < -0.3 is 9.15 Å². The molecule has 0 aliphatic carbocycles. The molecule has 0 unspecified atom stereocenters. The number of methoxy groups -OCH3 is 1. The highest BCUT2D eigenvalue weighted by molar-refractivity contribution is 6.33. The first-order valence-corrected chi connectivity index (χ1v) is 10.6. The van der Waals surface area contributed by atoms with Crippen molar-refractivity contribution in [1.82, 2.24) is 18.9 Å². The quantitative estimate of drug-likeness (QED) is 0.361. The lowest BCUT2D eigenvalue weighted by Gasteiger charge is -2.06. The maximum atomic E-state index is 14.0. The fraction of sp³-hybridized carbons (Fsp3) is 0.174. The zero-order valence-electron chi connectivity index (χ0n) is 18.6. The zero-order chi connectivity index (χ0) is 25.1. The van der Waals surface area contributed by atoms with Gasteiger partial charge in [-0.2, -0.15) is 10.4 Å².